The molecule has 0 unspecified atom stereocenters. The maximum atomic E-state index is 4.58. The first-order valence-electron chi connectivity index (χ1n) is 6.04. The monoisotopic (exact) mass is 205 g/mol. The zero-order valence-corrected chi connectivity index (χ0v) is 9.34. The van der Waals surface area contributed by atoms with Crippen molar-refractivity contribution >= 4 is 0 Å². The van der Waals surface area contributed by atoms with Crippen LogP contribution in [0.1, 0.15) is 49.5 Å². The zero-order chi connectivity index (χ0) is 10.3. The summed E-state index contributed by atoms with van der Waals surface area (Å²) in [4.78, 5) is 8.13. The first-order chi connectivity index (χ1) is 7.34. The smallest absolute Gasteiger partial charge is 0.113 e. The van der Waals surface area contributed by atoms with Crippen molar-refractivity contribution in [2.75, 3.05) is 13.6 Å². The molecule has 1 aromatic heterocycles. The molecule has 3 rings (SSSR count). The lowest BCUT2D eigenvalue weighted by Crippen LogP contribution is -2.24. The second-order valence-electron chi connectivity index (χ2n) is 5.13. The second kappa shape index (κ2) is 3.34. The summed E-state index contributed by atoms with van der Waals surface area (Å²) in [6.07, 6.45) is 8.72. The van der Waals surface area contributed by atoms with E-state index < -0.39 is 0 Å². The van der Waals surface area contributed by atoms with Gasteiger partial charge in [-0.05, 0) is 32.7 Å². The Balaban J connectivity index is 1.78. The Labute approximate surface area is 90.7 Å². The van der Waals surface area contributed by atoms with Crippen LogP contribution in [0.25, 0.3) is 0 Å². The molecule has 0 saturated heterocycles. The molecule has 3 nitrogen and oxygen atoms in total. The molecule has 2 fully saturated rings. The van der Waals surface area contributed by atoms with Crippen LogP contribution in [0.5, 0.6) is 0 Å². The van der Waals surface area contributed by atoms with Gasteiger partial charge >= 0.3 is 0 Å². The largest absolute Gasteiger partial charge is 0.345 e. The number of likely N-dealkylation sites (N-methyl/N-ethyl adjacent to an activating group) is 1. The van der Waals surface area contributed by atoms with Gasteiger partial charge in [0, 0.05) is 29.8 Å². The molecule has 0 amide bonds. The van der Waals surface area contributed by atoms with E-state index in [1.165, 1.54) is 43.6 Å². The van der Waals surface area contributed by atoms with Crippen LogP contribution in [0, 0.1) is 0 Å². The average molecular weight is 205 g/mol. The molecule has 0 aromatic carbocycles. The van der Waals surface area contributed by atoms with Crippen LogP contribution in [0.4, 0.5) is 0 Å². The SMILES string of the molecule is CNCC1(c2ncc(C3CCC3)[nH]2)CC1. The molecule has 0 aliphatic heterocycles. The average Bonchev–Trinajstić information content (AvgIpc) is 2.75. The highest BCUT2D eigenvalue weighted by Crippen LogP contribution is 2.47. The number of aromatic amines is 1. The second-order valence-corrected chi connectivity index (χ2v) is 5.13. The standard InChI is InChI=1S/C12H19N3/c1-13-8-12(5-6-12)11-14-7-10(15-11)9-3-2-4-9/h7,9,13H,2-6,8H2,1H3,(H,14,15). The van der Waals surface area contributed by atoms with E-state index in [-0.39, 0.29) is 0 Å². The number of hydrogen-bond acceptors (Lipinski definition) is 2. The number of H-pyrrole nitrogens is 1. The van der Waals surface area contributed by atoms with Crippen molar-refractivity contribution in [2.24, 2.45) is 0 Å². The normalized spacial score (nSPS) is 23.8. The first kappa shape index (κ1) is 9.40. The summed E-state index contributed by atoms with van der Waals surface area (Å²) in [6.45, 7) is 1.06. The van der Waals surface area contributed by atoms with Gasteiger partial charge in [-0.2, -0.15) is 0 Å². The van der Waals surface area contributed by atoms with E-state index in [4.69, 9.17) is 0 Å². The molecular weight excluding hydrogens is 186 g/mol. The zero-order valence-electron chi connectivity index (χ0n) is 9.34. The highest BCUT2D eigenvalue weighted by atomic mass is 15.0. The Hall–Kier alpha value is -0.830. The Bertz CT molecular complexity index is 348. The fourth-order valence-electron chi connectivity index (χ4n) is 2.52. The van der Waals surface area contributed by atoms with Gasteiger partial charge in [-0.25, -0.2) is 4.98 Å². The highest BCUT2D eigenvalue weighted by Gasteiger charge is 2.46. The van der Waals surface area contributed by atoms with Crippen molar-refractivity contribution in [3.8, 4) is 0 Å². The highest BCUT2D eigenvalue weighted by molar-refractivity contribution is 5.23. The molecule has 3 heteroatoms. The van der Waals surface area contributed by atoms with Crippen molar-refractivity contribution in [3.05, 3.63) is 17.7 Å². The molecule has 1 heterocycles. The van der Waals surface area contributed by atoms with Crippen LogP contribution in [-0.2, 0) is 5.41 Å². The van der Waals surface area contributed by atoms with Crippen molar-refractivity contribution in [3.63, 3.8) is 0 Å². The summed E-state index contributed by atoms with van der Waals surface area (Å²) in [7, 11) is 2.02. The number of hydrogen-bond donors (Lipinski definition) is 2. The summed E-state index contributed by atoms with van der Waals surface area (Å²) in [6, 6.07) is 0. The van der Waals surface area contributed by atoms with Crippen molar-refractivity contribution in [1.29, 1.82) is 0 Å². The van der Waals surface area contributed by atoms with E-state index in [0.717, 1.165) is 12.5 Å². The maximum Gasteiger partial charge on any atom is 0.113 e. The first-order valence-corrected chi connectivity index (χ1v) is 6.04. The van der Waals surface area contributed by atoms with Crippen LogP contribution in [0.3, 0.4) is 0 Å². The Morgan fingerprint density at radius 1 is 1.53 bits per heavy atom. The van der Waals surface area contributed by atoms with Gasteiger partial charge in [-0.15, -0.1) is 0 Å². The van der Waals surface area contributed by atoms with Gasteiger partial charge in [-0.1, -0.05) is 6.42 Å². The molecule has 1 aromatic rings. The predicted molar refractivity (Wildman–Crippen MR) is 60.0 cm³/mol. The number of imidazole rings is 1. The van der Waals surface area contributed by atoms with E-state index >= 15 is 0 Å². The Morgan fingerprint density at radius 3 is 2.87 bits per heavy atom. The minimum absolute atomic E-state index is 0.344. The van der Waals surface area contributed by atoms with Crippen LogP contribution in [-0.4, -0.2) is 23.6 Å². The third-order valence-corrected chi connectivity index (χ3v) is 4.01. The Kier molecular flexibility index (Phi) is 2.09. The quantitative estimate of drug-likeness (QED) is 0.788. The fourth-order valence-corrected chi connectivity index (χ4v) is 2.52. The van der Waals surface area contributed by atoms with Crippen LogP contribution < -0.4 is 5.32 Å². The van der Waals surface area contributed by atoms with Crippen LogP contribution in [0.15, 0.2) is 6.20 Å². The van der Waals surface area contributed by atoms with E-state index in [1.54, 1.807) is 0 Å². The minimum Gasteiger partial charge on any atom is -0.345 e. The number of rotatable bonds is 4. The molecule has 2 aliphatic rings. The lowest BCUT2D eigenvalue weighted by Gasteiger charge is -2.23. The summed E-state index contributed by atoms with van der Waals surface area (Å²) in [5, 5.41) is 3.28. The molecule has 0 bridgehead atoms. The molecule has 82 valence electrons. The van der Waals surface area contributed by atoms with Gasteiger partial charge in [0.25, 0.3) is 0 Å². The topological polar surface area (TPSA) is 40.7 Å². The van der Waals surface area contributed by atoms with E-state index in [9.17, 15) is 0 Å². The van der Waals surface area contributed by atoms with E-state index in [2.05, 4.69) is 21.5 Å². The van der Waals surface area contributed by atoms with Gasteiger partial charge in [0.2, 0.25) is 0 Å². The third-order valence-electron chi connectivity index (χ3n) is 4.01. The van der Waals surface area contributed by atoms with E-state index in [1.807, 2.05) is 7.05 Å². The van der Waals surface area contributed by atoms with Gasteiger partial charge in [-0.3, -0.25) is 0 Å². The van der Waals surface area contributed by atoms with Crippen LogP contribution >= 0.6 is 0 Å². The number of nitrogens with zero attached hydrogens (tertiary/aromatic N) is 1. The maximum absolute atomic E-state index is 4.58. The van der Waals surface area contributed by atoms with Crippen molar-refractivity contribution < 1.29 is 0 Å². The van der Waals surface area contributed by atoms with Gasteiger partial charge in [0.1, 0.15) is 5.82 Å². The molecule has 0 atom stereocenters. The molecule has 0 spiro atoms. The van der Waals surface area contributed by atoms with Crippen molar-refractivity contribution in [2.45, 2.75) is 43.4 Å². The summed E-state index contributed by atoms with van der Waals surface area (Å²) in [5.74, 6) is 2.00. The van der Waals surface area contributed by atoms with Crippen LogP contribution in [0.2, 0.25) is 0 Å². The number of nitrogens with one attached hydrogen (secondary N) is 2. The molecule has 0 radical (unpaired) electrons. The lowest BCUT2D eigenvalue weighted by molar-refractivity contribution is 0.411. The molecular formula is C12H19N3. The summed E-state index contributed by atoms with van der Waals surface area (Å²) >= 11 is 0. The Morgan fingerprint density at radius 2 is 2.33 bits per heavy atom. The van der Waals surface area contributed by atoms with E-state index in [0.29, 0.717) is 5.41 Å². The van der Waals surface area contributed by atoms with Gasteiger partial charge in [0.15, 0.2) is 0 Å². The third kappa shape index (κ3) is 1.49. The summed E-state index contributed by atoms with van der Waals surface area (Å²) < 4.78 is 0. The summed E-state index contributed by atoms with van der Waals surface area (Å²) in [5.41, 5.74) is 1.72. The number of aromatic nitrogens is 2. The minimum atomic E-state index is 0.344. The molecule has 15 heavy (non-hydrogen) atoms. The van der Waals surface area contributed by atoms with Gasteiger partial charge in [0.05, 0.1) is 0 Å². The molecule has 2 N–H and O–H groups in total. The van der Waals surface area contributed by atoms with Gasteiger partial charge < -0.3 is 10.3 Å². The molecule has 2 aliphatic carbocycles. The predicted octanol–water partition coefficient (Wildman–Crippen LogP) is 1.93. The fraction of sp³-hybridized carbons (Fsp3) is 0.750. The lowest BCUT2D eigenvalue weighted by atomic mass is 9.83. The molecule has 2 saturated carbocycles. The van der Waals surface area contributed by atoms with Crippen molar-refractivity contribution in [1.82, 2.24) is 15.3 Å².